The van der Waals surface area contributed by atoms with Crippen LogP contribution in [0.2, 0.25) is 0 Å². The molecule has 4 nitrogen and oxygen atoms in total. The molecule has 0 aliphatic heterocycles. The maximum absolute atomic E-state index is 6.48. The lowest BCUT2D eigenvalue weighted by Crippen LogP contribution is -2.40. The molecule has 1 aromatic carbocycles. The summed E-state index contributed by atoms with van der Waals surface area (Å²) in [4.78, 5) is 0. The van der Waals surface area contributed by atoms with Gasteiger partial charge in [0.25, 0.3) is 0 Å². The fourth-order valence-electron chi connectivity index (χ4n) is 3.46. The first kappa shape index (κ1) is 17.5. The first-order chi connectivity index (χ1) is 12.0. The Morgan fingerprint density at radius 2 is 2.04 bits per heavy atom. The van der Waals surface area contributed by atoms with Crippen molar-refractivity contribution in [2.75, 3.05) is 0 Å². The van der Waals surface area contributed by atoms with Gasteiger partial charge in [0.15, 0.2) is 0 Å². The molecule has 0 atom stereocenters. The average molecular weight is 336 g/mol. The topological polar surface area (TPSA) is 80.7 Å². The number of rotatable bonds is 7. The van der Waals surface area contributed by atoms with Crippen molar-refractivity contribution in [3.05, 3.63) is 60.0 Å². The zero-order chi connectivity index (χ0) is 18.0. The van der Waals surface area contributed by atoms with Gasteiger partial charge in [0.1, 0.15) is 0 Å². The summed E-state index contributed by atoms with van der Waals surface area (Å²) in [6.45, 7) is 8.48. The maximum atomic E-state index is 6.48. The highest BCUT2D eigenvalue weighted by molar-refractivity contribution is 5.90. The van der Waals surface area contributed by atoms with E-state index in [-0.39, 0.29) is 5.54 Å². The second-order valence-corrected chi connectivity index (χ2v) is 6.98. The predicted molar refractivity (Wildman–Crippen MR) is 106 cm³/mol. The molecule has 2 aromatic rings. The van der Waals surface area contributed by atoms with Crippen molar-refractivity contribution < 1.29 is 0 Å². The number of aromatic amines is 1. The summed E-state index contributed by atoms with van der Waals surface area (Å²) in [6, 6.07) is 4.22. The molecule has 0 unspecified atom stereocenters. The lowest BCUT2D eigenvalue weighted by molar-refractivity contribution is 0.473. The summed E-state index contributed by atoms with van der Waals surface area (Å²) in [6.07, 6.45) is 11.8. The highest BCUT2D eigenvalue weighted by atomic mass is 15.1. The summed E-state index contributed by atoms with van der Waals surface area (Å²) in [5, 5.41) is 8.47. The minimum Gasteiger partial charge on any atom is -0.404 e. The van der Waals surface area contributed by atoms with Gasteiger partial charge in [-0.25, -0.2) is 0 Å². The largest absolute Gasteiger partial charge is 0.404 e. The summed E-state index contributed by atoms with van der Waals surface area (Å²) in [5.41, 5.74) is 17.5. The second kappa shape index (κ2) is 6.89. The smallest absolute Gasteiger partial charge is 0.0653 e. The van der Waals surface area contributed by atoms with Crippen LogP contribution in [-0.4, -0.2) is 15.7 Å². The lowest BCUT2D eigenvalue weighted by Gasteiger charge is -2.28. The Morgan fingerprint density at radius 1 is 1.32 bits per heavy atom. The number of nitrogens with one attached hydrogen (secondary N) is 1. The number of nitrogens with zero attached hydrogens (tertiary/aromatic N) is 1. The zero-order valence-corrected chi connectivity index (χ0v) is 15.2. The van der Waals surface area contributed by atoms with E-state index in [0.717, 1.165) is 29.5 Å². The Hall–Kier alpha value is -2.33. The zero-order valence-electron chi connectivity index (χ0n) is 15.2. The van der Waals surface area contributed by atoms with Crippen LogP contribution >= 0.6 is 0 Å². The Balaban J connectivity index is 1.94. The number of fused-ring (bicyclic) bond motifs is 1. The Labute approximate surface area is 149 Å². The number of aromatic nitrogens is 2. The van der Waals surface area contributed by atoms with E-state index in [4.69, 9.17) is 11.5 Å². The van der Waals surface area contributed by atoms with Crippen molar-refractivity contribution in [2.45, 2.75) is 51.0 Å². The standard InChI is InChI=1S/C21H28N4/c1-4-21(23,5-2)16(12-22)9-6-14(3)17-10-11-19-18(13-24-25-19)20(17)15-7-8-15/h6,9-13,15H,3-5,7-8,22-23H2,1-2H3,(H,24,25)/b9-6-,16-12+. The van der Waals surface area contributed by atoms with Gasteiger partial charge in [-0.1, -0.05) is 38.6 Å². The van der Waals surface area contributed by atoms with Crippen molar-refractivity contribution in [1.29, 1.82) is 0 Å². The third-order valence-corrected chi connectivity index (χ3v) is 5.48. The molecule has 25 heavy (non-hydrogen) atoms. The van der Waals surface area contributed by atoms with Crippen LogP contribution in [0, 0.1) is 0 Å². The van der Waals surface area contributed by atoms with Crippen molar-refractivity contribution >= 4 is 16.5 Å². The molecule has 3 rings (SSSR count). The molecule has 1 aromatic heterocycles. The molecule has 132 valence electrons. The van der Waals surface area contributed by atoms with E-state index in [1.54, 1.807) is 6.20 Å². The molecule has 0 saturated heterocycles. The highest BCUT2D eigenvalue weighted by Crippen LogP contribution is 2.46. The third kappa shape index (κ3) is 3.27. The molecular formula is C21H28N4. The SMILES string of the molecule is C=C(/C=C\C(=C/N)C(N)(CC)CC)c1ccc2[nH]ncc2c1C1CC1. The van der Waals surface area contributed by atoms with Crippen LogP contribution in [0.5, 0.6) is 0 Å². The summed E-state index contributed by atoms with van der Waals surface area (Å²) in [5.74, 6) is 0.617. The van der Waals surface area contributed by atoms with Crippen LogP contribution in [-0.2, 0) is 0 Å². The van der Waals surface area contributed by atoms with Gasteiger partial charge in [-0.05, 0) is 66.1 Å². The lowest BCUT2D eigenvalue weighted by atomic mass is 9.85. The van der Waals surface area contributed by atoms with Crippen molar-refractivity contribution in [3.8, 4) is 0 Å². The second-order valence-electron chi connectivity index (χ2n) is 6.98. The van der Waals surface area contributed by atoms with Gasteiger partial charge in [0.2, 0.25) is 0 Å². The maximum Gasteiger partial charge on any atom is 0.0653 e. The molecule has 5 N–H and O–H groups in total. The van der Waals surface area contributed by atoms with Gasteiger partial charge < -0.3 is 11.5 Å². The molecule has 0 bridgehead atoms. The molecule has 1 fully saturated rings. The van der Waals surface area contributed by atoms with Crippen LogP contribution in [0.15, 0.2) is 48.8 Å². The van der Waals surface area contributed by atoms with Gasteiger partial charge in [-0.15, -0.1) is 0 Å². The highest BCUT2D eigenvalue weighted by Gasteiger charge is 2.29. The monoisotopic (exact) mass is 336 g/mol. The molecule has 1 aliphatic carbocycles. The normalized spacial score (nSPS) is 16.0. The molecule has 0 spiro atoms. The van der Waals surface area contributed by atoms with Gasteiger partial charge in [0, 0.05) is 10.9 Å². The Morgan fingerprint density at radius 3 is 2.64 bits per heavy atom. The summed E-state index contributed by atoms with van der Waals surface area (Å²) < 4.78 is 0. The first-order valence-corrected chi connectivity index (χ1v) is 9.08. The minimum absolute atomic E-state index is 0.390. The van der Waals surface area contributed by atoms with Crippen LogP contribution in [0.3, 0.4) is 0 Å². The fraction of sp³-hybridized carbons (Fsp3) is 0.381. The van der Waals surface area contributed by atoms with Crippen LogP contribution in [0.4, 0.5) is 0 Å². The molecule has 1 saturated carbocycles. The van der Waals surface area contributed by atoms with E-state index in [2.05, 4.69) is 42.8 Å². The number of nitrogens with two attached hydrogens (primary N) is 2. The Kier molecular flexibility index (Phi) is 4.82. The van der Waals surface area contributed by atoms with E-state index >= 15 is 0 Å². The molecular weight excluding hydrogens is 308 g/mol. The number of allylic oxidation sites excluding steroid dienone is 2. The fourth-order valence-corrected chi connectivity index (χ4v) is 3.46. The minimum atomic E-state index is -0.390. The van der Waals surface area contributed by atoms with Crippen LogP contribution in [0.25, 0.3) is 16.5 Å². The summed E-state index contributed by atoms with van der Waals surface area (Å²) in [7, 11) is 0. The molecule has 1 heterocycles. The van der Waals surface area contributed by atoms with Crippen LogP contribution < -0.4 is 11.5 Å². The third-order valence-electron chi connectivity index (χ3n) is 5.48. The molecule has 4 heteroatoms. The van der Waals surface area contributed by atoms with Gasteiger partial charge >= 0.3 is 0 Å². The van der Waals surface area contributed by atoms with Crippen molar-refractivity contribution in [2.24, 2.45) is 11.5 Å². The number of benzene rings is 1. The van der Waals surface area contributed by atoms with Gasteiger partial charge in [-0.3, -0.25) is 5.10 Å². The van der Waals surface area contributed by atoms with Gasteiger partial charge in [0.05, 0.1) is 11.7 Å². The first-order valence-electron chi connectivity index (χ1n) is 9.08. The van der Waals surface area contributed by atoms with Crippen molar-refractivity contribution in [3.63, 3.8) is 0 Å². The molecule has 0 amide bonds. The van der Waals surface area contributed by atoms with E-state index in [0.29, 0.717) is 5.92 Å². The number of hydrogen-bond donors (Lipinski definition) is 3. The Bertz CT molecular complexity index is 833. The quantitative estimate of drug-likeness (QED) is 0.657. The van der Waals surface area contributed by atoms with E-state index < -0.39 is 0 Å². The van der Waals surface area contributed by atoms with E-state index in [9.17, 15) is 0 Å². The van der Waals surface area contributed by atoms with Crippen LogP contribution in [0.1, 0.15) is 56.6 Å². The average Bonchev–Trinajstić information content (AvgIpc) is 3.36. The number of H-pyrrole nitrogens is 1. The molecule has 0 radical (unpaired) electrons. The van der Waals surface area contributed by atoms with Crippen molar-refractivity contribution in [1.82, 2.24) is 10.2 Å². The van der Waals surface area contributed by atoms with E-state index in [1.165, 1.54) is 29.4 Å². The molecule has 1 aliphatic rings. The van der Waals surface area contributed by atoms with Gasteiger partial charge in [-0.2, -0.15) is 5.10 Å². The number of hydrogen-bond acceptors (Lipinski definition) is 3. The van der Waals surface area contributed by atoms with E-state index in [1.807, 2.05) is 18.3 Å². The summed E-state index contributed by atoms with van der Waals surface area (Å²) >= 11 is 0. The predicted octanol–water partition coefficient (Wildman–Crippen LogP) is 4.37.